The predicted molar refractivity (Wildman–Crippen MR) is 145 cm³/mol. The third kappa shape index (κ3) is 8.61. The van der Waals surface area contributed by atoms with Crippen LogP contribution in [0.2, 0.25) is 0 Å². The van der Waals surface area contributed by atoms with Gasteiger partial charge in [0.2, 0.25) is 0 Å². The Bertz CT molecular complexity index is 1190. The van der Waals surface area contributed by atoms with Crippen molar-refractivity contribution in [2.45, 2.75) is 13.5 Å². The zero-order valence-electron chi connectivity index (χ0n) is 19.2. The normalized spacial score (nSPS) is 10.9. The van der Waals surface area contributed by atoms with Crippen molar-refractivity contribution >= 4 is 51.4 Å². The summed E-state index contributed by atoms with van der Waals surface area (Å²) in [6.07, 6.45) is 1.34. The van der Waals surface area contributed by atoms with Crippen LogP contribution in [0.25, 0.3) is 0 Å². The molecule has 0 bridgehead atoms. The van der Waals surface area contributed by atoms with Gasteiger partial charge in [0.1, 0.15) is 5.82 Å². The predicted octanol–water partition coefficient (Wildman–Crippen LogP) is 5.45. The van der Waals surface area contributed by atoms with E-state index in [4.69, 9.17) is 0 Å². The first-order valence-electron chi connectivity index (χ1n) is 11.0. The Balaban J connectivity index is 1.62. The molecule has 0 aliphatic heterocycles. The molecule has 0 saturated heterocycles. The van der Waals surface area contributed by atoms with E-state index < -0.39 is 11.7 Å². The highest BCUT2D eigenvalue weighted by atomic mass is 79.9. The van der Waals surface area contributed by atoms with Gasteiger partial charge in [-0.05, 0) is 59.3 Å². The van der Waals surface area contributed by atoms with Crippen molar-refractivity contribution in [3.8, 4) is 0 Å². The molecule has 3 N–H and O–H groups in total. The average Bonchev–Trinajstić information content (AvgIpc) is 2.85. The highest BCUT2D eigenvalue weighted by Crippen LogP contribution is 2.22. The monoisotopic (exact) mass is 556 g/mol. The van der Waals surface area contributed by atoms with Gasteiger partial charge in [-0.2, -0.15) is 16.9 Å². The summed E-state index contributed by atoms with van der Waals surface area (Å²) in [6.45, 7) is 3.81. The molecular weight excluding hydrogens is 531 g/mol. The van der Waals surface area contributed by atoms with Crippen LogP contribution in [0.4, 0.5) is 10.1 Å². The highest BCUT2D eigenvalue weighted by molar-refractivity contribution is 9.10. The van der Waals surface area contributed by atoms with Crippen LogP contribution in [0.5, 0.6) is 0 Å². The van der Waals surface area contributed by atoms with Gasteiger partial charge in [-0.15, -0.1) is 0 Å². The Hall–Kier alpha value is -3.01. The maximum absolute atomic E-state index is 13.3. The molecular formula is C26H26BrFN4O2S. The lowest BCUT2D eigenvalue weighted by molar-refractivity contribution is 0.0956. The lowest BCUT2D eigenvalue weighted by Crippen LogP contribution is -2.21. The van der Waals surface area contributed by atoms with E-state index in [9.17, 15) is 14.0 Å². The molecule has 3 aromatic rings. The van der Waals surface area contributed by atoms with Crippen molar-refractivity contribution in [2.75, 3.05) is 23.4 Å². The second-order valence-electron chi connectivity index (χ2n) is 7.47. The second kappa shape index (κ2) is 13.8. The third-order valence-corrected chi connectivity index (χ3v) is 6.27. The molecule has 182 valence electrons. The van der Waals surface area contributed by atoms with Crippen LogP contribution in [0.1, 0.15) is 38.8 Å². The minimum atomic E-state index is -0.517. The molecule has 0 fully saturated rings. The number of halogens is 2. The van der Waals surface area contributed by atoms with Crippen LogP contribution in [-0.4, -0.2) is 36.1 Å². The maximum Gasteiger partial charge on any atom is 0.273 e. The maximum atomic E-state index is 13.3. The fraction of sp³-hybridized carbons (Fsp3) is 0.192. The first-order chi connectivity index (χ1) is 17.0. The minimum Gasteiger partial charge on any atom is -0.321 e. The van der Waals surface area contributed by atoms with Crippen molar-refractivity contribution < 1.29 is 14.0 Å². The summed E-state index contributed by atoms with van der Waals surface area (Å²) in [7, 11) is 0. The van der Waals surface area contributed by atoms with Crippen LogP contribution in [0.3, 0.4) is 0 Å². The van der Waals surface area contributed by atoms with E-state index >= 15 is 0 Å². The molecule has 0 aliphatic rings. The lowest BCUT2D eigenvalue weighted by Gasteiger charge is -2.11. The van der Waals surface area contributed by atoms with Gasteiger partial charge in [-0.25, -0.2) is 9.82 Å². The van der Waals surface area contributed by atoms with E-state index in [0.717, 1.165) is 30.2 Å². The van der Waals surface area contributed by atoms with Crippen molar-refractivity contribution in [3.63, 3.8) is 0 Å². The molecule has 0 aliphatic carbocycles. The van der Waals surface area contributed by atoms with Crippen molar-refractivity contribution in [3.05, 3.63) is 99.3 Å². The van der Waals surface area contributed by atoms with Crippen LogP contribution in [0.15, 0.2) is 76.3 Å². The van der Waals surface area contributed by atoms with Gasteiger partial charge in [0.05, 0.1) is 17.5 Å². The molecule has 2 amide bonds. The number of hydrazone groups is 1. The fourth-order valence-corrected chi connectivity index (χ4v) is 4.05. The van der Waals surface area contributed by atoms with Gasteiger partial charge in [0.15, 0.2) is 0 Å². The van der Waals surface area contributed by atoms with Crippen LogP contribution in [0, 0.1) is 5.82 Å². The average molecular weight is 557 g/mol. The lowest BCUT2D eigenvalue weighted by atomic mass is 10.1. The summed E-state index contributed by atoms with van der Waals surface area (Å²) in [5.74, 6) is 0.930. The Morgan fingerprint density at radius 1 is 1.06 bits per heavy atom. The summed E-state index contributed by atoms with van der Waals surface area (Å²) in [6, 6.07) is 18.1. The molecule has 9 heteroatoms. The van der Waals surface area contributed by atoms with Crippen molar-refractivity contribution in [1.82, 2.24) is 10.7 Å². The zero-order chi connectivity index (χ0) is 25.0. The smallest absolute Gasteiger partial charge is 0.273 e. The summed E-state index contributed by atoms with van der Waals surface area (Å²) < 4.78 is 14.0. The van der Waals surface area contributed by atoms with E-state index in [1.165, 1.54) is 18.3 Å². The van der Waals surface area contributed by atoms with Gasteiger partial charge in [-0.3, -0.25) is 9.59 Å². The molecule has 0 atom stereocenters. The number of carbonyl (C=O) groups is 2. The number of thioether (sulfide) groups is 1. The topological polar surface area (TPSA) is 82.6 Å². The zero-order valence-corrected chi connectivity index (χ0v) is 21.6. The third-order valence-electron chi connectivity index (χ3n) is 4.88. The molecule has 0 saturated carbocycles. The SMILES string of the molecule is CCSCCNCc1ccc(C(=O)Nc2ccc(Br)cc2C(=O)N/N=C/c2cccc(F)c2)cc1. The summed E-state index contributed by atoms with van der Waals surface area (Å²) >= 11 is 5.24. The number of nitrogens with zero attached hydrogens (tertiary/aromatic N) is 1. The number of carbonyl (C=O) groups excluding carboxylic acids is 2. The quantitative estimate of drug-likeness (QED) is 0.167. The molecule has 35 heavy (non-hydrogen) atoms. The number of hydrogen-bond acceptors (Lipinski definition) is 5. The summed E-state index contributed by atoms with van der Waals surface area (Å²) in [5, 5.41) is 10.1. The number of amides is 2. The van der Waals surface area contributed by atoms with Crippen LogP contribution in [-0.2, 0) is 6.54 Å². The van der Waals surface area contributed by atoms with E-state index in [0.29, 0.717) is 21.3 Å². The highest BCUT2D eigenvalue weighted by Gasteiger charge is 2.15. The molecule has 3 rings (SSSR count). The molecule has 0 heterocycles. The standard InChI is InChI=1S/C26H26BrFN4O2S/c1-2-35-13-12-29-16-18-6-8-20(9-7-18)25(33)31-24-11-10-21(27)15-23(24)26(34)32-30-17-19-4-3-5-22(28)14-19/h3-11,14-15,17,29H,2,12-13,16H2,1H3,(H,31,33)(H,32,34)/b30-17+. The first kappa shape index (κ1) is 26.6. The van der Waals surface area contributed by atoms with Crippen LogP contribution < -0.4 is 16.1 Å². The van der Waals surface area contributed by atoms with Gasteiger partial charge in [0, 0.05) is 28.9 Å². The molecule has 0 aromatic heterocycles. The van der Waals surface area contributed by atoms with Crippen molar-refractivity contribution in [2.24, 2.45) is 5.10 Å². The summed E-state index contributed by atoms with van der Waals surface area (Å²) in [5.41, 5.74) is 5.06. The molecule has 0 unspecified atom stereocenters. The van der Waals surface area contributed by atoms with Crippen LogP contribution >= 0.6 is 27.7 Å². The number of nitrogens with one attached hydrogen (secondary N) is 3. The van der Waals surface area contributed by atoms with E-state index in [1.54, 1.807) is 42.5 Å². The van der Waals surface area contributed by atoms with Crippen molar-refractivity contribution in [1.29, 1.82) is 0 Å². The number of hydrogen-bond donors (Lipinski definition) is 3. The number of rotatable bonds is 11. The van der Waals surface area contributed by atoms with Gasteiger partial charge in [-0.1, -0.05) is 47.1 Å². The van der Waals surface area contributed by atoms with E-state index in [-0.39, 0.29) is 11.5 Å². The molecule has 3 aromatic carbocycles. The van der Waals surface area contributed by atoms with Gasteiger partial charge in [0.25, 0.3) is 11.8 Å². The molecule has 0 spiro atoms. The Labute approximate surface area is 216 Å². The van der Waals surface area contributed by atoms with E-state index in [2.05, 4.69) is 44.0 Å². The Morgan fingerprint density at radius 3 is 2.60 bits per heavy atom. The number of anilines is 1. The Morgan fingerprint density at radius 2 is 1.86 bits per heavy atom. The fourth-order valence-electron chi connectivity index (χ4n) is 3.12. The Kier molecular flexibility index (Phi) is 10.5. The first-order valence-corrected chi connectivity index (χ1v) is 13.0. The minimum absolute atomic E-state index is 0.231. The molecule has 0 radical (unpaired) electrons. The number of benzene rings is 3. The van der Waals surface area contributed by atoms with Gasteiger partial charge < -0.3 is 10.6 Å². The van der Waals surface area contributed by atoms with E-state index in [1.807, 2.05) is 23.9 Å². The summed E-state index contributed by atoms with van der Waals surface area (Å²) in [4.78, 5) is 25.5. The van der Waals surface area contributed by atoms with Gasteiger partial charge >= 0.3 is 0 Å². The largest absolute Gasteiger partial charge is 0.321 e. The second-order valence-corrected chi connectivity index (χ2v) is 9.78. The molecule has 6 nitrogen and oxygen atoms in total.